The molecule has 0 heterocycles. The molecule has 1 aliphatic rings. The molecule has 0 radical (unpaired) electrons. The second kappa shape index (κ2) is 8.55. The summed E-state index contributed by atoms with van der Waals surface area (Å²) in [5, 5.41) is 8.48. The molecular formula is C8H9NRbU-. The van der Waals surface area contributed by atoms with Crippen LogP contribution < -0.4 is 58.2 Å². The maximum Gasteiger partial charge on any atom is 1.00 e. The number of nitriles is 1. The van der Waals surface area contributed by atoms with Gasteiger partial charge in [0.1, 0.15) is 0 Å². The smallest absolute Gasteiger partial charge is 0.528 e. The van der Waals surface area contributed by atoms with E-state index in [1.807, 2.05) is 12.5 Å². The maximum atomic E-state index is 8.48. The van der Waals surface area contributed by atoms with E-state index in [1.54, 1.807) is 0 Å². The predicted molar refractivity (Wildman–Crippen MR) is 35.0 cm³/mol. The molecule has 0 aromatic carbocycles. The predicted octanol–water partition coefficient (Wildman–Crippen LogP) is -1.27. The van der Waals surface area contributed by atoms with Crippen molar-refractivity contribution in [3.05, 3.63) is 18.6 Å². The van der Waals surface area contributed by atoms with E-state index in [9.17, 15) is 0 Å². The molecule has 3 heteroatoms. The first-order chi connectivity index (χ1) is 4.33. The largest absolute Gasteiger partial charge is 1.00 e. The molecule has 11 heavy (non-hydrogen) atoms. The maximum absolute atomic E-state index is 8.48. The Morgan fingerprint density at radius 2 is 2.36 bits per heavy atom. The fourth-order valence-corrected chi connectivity index (χ4v) is 0.959. The summed E-state index contributed by atoms with van der Waals surface area (Å²) < 4.78 is 0. The molecule has 2 unspecified atom stereocenters. The molecule has 0 bridgehead atoms. The molecule has 2 atom stereocenters. The minimum Gasteiger partial charge on any atom is -0.528 e. The average molecular weight is 443 g/mol. The Kier molecular flexibility index (Phi) is 12.0. The first-order valence-electron chi connectivity index (χ1n) is 3.15. The molecule has 1 nitrogen and oxygen atoms in total. The summed E-state index contributed by atoms with van der Waals surface area (Å²) in [7, 11) is 0. The molecule has 52 valence electrons. The fourth-order valence-electron chi connectivity index (χ4n) is 0.959. The minimum absolute atomic E-state index is 0. The Balaban J connectivity index is 0. The summed E-state index contributed by atoms with van der Waals surface area (Å²) in [6.07, 6.45) is 7.82. The van der Waals surface area contributed by atoms with Crippen molar-refractivity contribution in [2.45, 2.75) is 13.3 Å². The van der Waals surface area contributed by atoms with Crippen LogP contribution in [0.4, 0.5) is 0 Å². The van der Waals surface area contributed by atoms with Crippen LogP contribution in [0.3, 0.4) is 0 Å². The molecular weight excluding hydrogens is 434 g/mol. The topological polar surface area (TPSA) is 23.8 Å². The van der Waals surface area contributed by atoms with Crippen LogP contribution in [-0.2, 0) is 0 Å². The van der Waals surface area contributed by atoms with Crippen LogP contribution in [0.15, 0.2) is 6.08 Å². The summed E-state index contributed by atoms with van der Waals surface area (Å²) in [6, 6.07) is 2.21. The third-order valence-electron chi connectivity index (χ3n) is 1.48. The summed E-state index contributed by atoms with van der Waals surface area (Å²) >= 11 is 0. The van der Waals surface area contributed by atoms with Crippen LogP contribution in [-0.4, -0.2) is 0 Å². The van der Waals surface area contributed by atoms with Gasteiger partial charge in [0.15, 0.2) is 0 Å². The molecule has 0 amide bonds. The van der Waals surface area contributed by atoms with Gasteiger partial charge in [0.25, 0.3) is 0 Å². The van der Waals surface area contributed by atoms with Gasteiger partial charge < -0.3 is 18.6 Å². The Labute approximate surface area is 141 Å². The number of hydrogen-bond acceptors (Lipinski definition) is 1. The van der Waals surface area contributed by atoms with Crippen molar-refractivity contribution < 1.29 is 89.3 Å². The quantitative estimate of drug-likeness (QED) is 0.430. The number of nitrogens with zero attached hydrogens (tertiary/aromatic N) is 1. The van der Waals surface area contributed by atoms with Gasteiger partial charge in [-0.2, -0.15) is 5.92 Å². The normalized spacial score (nSPS) is 26.9. The standard InChI is InChI=1S/C8H9N.Rb.U/c1-7-3-2-4-8(5-7)6-9;;/h2,4,7-8H,5H2,1H3;;/q-2;+1;. The molecule has 1 rings (SSSR count). The SMILES string of the molecule is CC1[C-]=C[CH-]C(C#N)C1.[Rb+].[U]. The first-order valence-corrected chi connectivity index (χ1v) is 3.15. The summed E-state index contributed by atoms with van der Waals surface area (Å²) in [5.74, 6) is 0.584. The van der Waals surface area contributed by atoms with Crippen molar-refractivity contribution in [2.75, 3.05) is 0 Å². The van der Waals surface area contributed by atoms with E-state index >= 15 is 0 Å². The van der Waals surface area contributed by atoms with Gasteiger partial charge in [0.05, 0.1) is 0 Å². The van der Waals surface area contributed by atoms with Crippen molar-refractivity contribution in [2.24, 2.45) is 11.8 Å². The second-order valence-corrected chi connectivity index (χ2v) is 2.40. The second-order valence-electron chi connectivity index (χ2n) is 2.40. The number of hydrogen-bond donors (Lipinski definition) is 0. The van der Waals surface area contributed by atoms with Crippen LogP contribution in [0.2, 0.25) is 0 Å². The van der Waals surface area contributed by atoms with Gasteiger partial charge in [0.2, 0.25) is 0 Å². The Bertz CT molecular complexity index is 162. The van der Waals surface area contributed by atoms with E-state index in [0.717, 1.165) is 6.42 Å². The third kappa shape index (κ3) is 6.09. The minimum atomic E-state index is 0. The van der Waals surface area contributed by atoms with Gasteiger partial charge in [-0.05, 0) is 0 Å². The number of allylic oxidation sites excluding steroid dienone is 2. The van der Waals surface area contributed by atoms with Crippen molar-refractivity contribution in [3.63, 3.8) is 0 Å². The first kappa shape index (κ1) is 15.4. The van der Waals surface area contributed by atoms with Gasteiger partial charge in [0, 0.05) is 37.2 Å². The molecule has 1 aliphatic carbocycles. The molecule has 0 saturated carbocycles. The Hall–Kier alpha value is 1.96. The van der Waals surface area contributed by atoms with E-state index in [2.05, 4.69) is 19.1 Å². The zero-order valence-electron chi connectivity index (χ0n) is 6.96. The molecule has 0 aromatic heterocycles. The fraction of sp³-hybridized carbons (Fsp3) is 0.500. The monoisotopic (exact) mass is 442 g/mol. The van der Waals surface area contributed by atoms with Gasteiger partial charge in [-0.15, -0.1) is 0 Å². The van der Waals surface area contributed by atoms with Gasteiger partial charge in [-0.1, -0.05) is 19.3 Å². The van der Waals surface area contributed by atoms with E-state index in [-0.39, 0.29) is 95.2 Å². The Morgan fingerprint density at radius 3 is 2.73 bits per heavy atom. The molecule has 0 N–H and O–H groups in total. The van der Waals surface area contributed by atoms with Crippen LogP contribution >= 0.6 is 0 Å². The summed E-state index contributed by atoms with van der Waals surface area (Å²) in [4.78, 5) is 0. The zero-order valence-corrected chi connectivity index (χ0v) is 16.0. The molecule has 0 aliphatic heterocycles. The van der Waals surface area contributed by atoms with Gasteiger partial charge >= 0.3 is 58.2 Å². The summed E-state index contributed by atoms with van der Waals surface area (Å²) in [6.45, 7) is 2.08. The third-order valence-corrected chi connectivity index (χ3v) is 1.48. The van der Waals surface area contributed by atoms with E-state index in [4.69, 9.17) is 5.26 Å². The summed E-state index contributed by atoms with van der Waals surface area (Å²) in [5.41, 5.74) is 0. The average Bonchev–Trinajstić information content (AvgIpc) is 1.88. The number of rotatable bonds is 0. The van der Waals surface area contributed by atoms with Crippen molar-refractivity contribution >= 4 is 0 Å². The van der Waals surface area contributed by atoms with Crippen molar-refractivity contribution in [3.8, 4) is 6.07 Å². The van der Waals surface area contributed by atoms with Gasteiger partial charge in [-0.25, -0.2) is 5.26 Å². The molecule has 0 fully saturated rings. The van der Waals surface area contributed by atoms with Crippen molar-refractivity contribution in [1.82, 2.24) is 0 Å². The van der Waals surface area contributed by atoms with Crippen LogP contribution in [0.1, 0.15) is 13.3 Å². The van der Waals surface area contributed by atoms with Crippen LogP contribution in [0.5, 0.6) is 0 Å². The van der Waals surface area contributed by atoms with Crippen molar-refractivity contribution in [1.29, 1.82) is 5.26 Å². The van der Waals surface area contributed by atoms with E-state index in [0.29, 0.717) is 5.92 Å². The molecule has 0 spiro atoms. The zero-order chi connectivity index (χ0) is 6.69. The van der Waals surface area contributed by atoms with E-state index < -0.39 is 0 Å². The van der Waals surface area contributed by atoms with Gasteiger partial charge in [-0.3, -0.25) is 0 Å². The van der Waals surface area contributed by atoms with E-state index in [1.165, 1.54) is 0 Å². The Morgan fingerprint density at radius 1 is 1.73 bits per heavy atom. The molecule has 0 saturated heterocycles. The van der Waals surface area contributed by atoms with Crippen LogP contribution in [0, 0.1) is 66.8 Å². The molecule has 0 aromatic rings. The van der Waals surface area contributed by atoms with Crippen LogP contribution in [0.25, 0.3) is 0 Å².